The Balaban J connectivity index is 1.45. The van der Waals surface area contributed by atoms with Gasteiger partial charge in [-0.1, -0.05) is 19.3 Å². The highest BCUT2D eigenvalue weighted by Crippen LogP contribution is 2.24. The van der Waals surface area contributed by atoms with Crippen LogP contribution in [0.3, 0.4) is 0 Å². The fourth-order valence-electron chi connectivity index (χ4n) is 3.53. The summed E-state index contributed by atoms with van der Waals surface area (Å²) in [7, 11) is 0. The molecule has 3 rings (SSSR count). The summed E-state index contributed by atoms with van der Waals surface area (Å²) in [6, 6.07) is 7.66. The highest BCUT2D eigenvalue weighted by atomic mass is 19.1. The first-order valence-electron chi connectivity index (χ1n) is 8.05. The van der Waals surface area contributed by atoms with Crippen LogP contribution in [0.15, 0.2) is 24.3 Å². The summed E-state index contributed by atoms with van der Waals surface area (Å²) < 4.78 is 12.9. The molecule has 110 valence electrons. The lowest BCUT2D eigenvalue weighted by molar-refractivity contribution is 0.353. The zero-order valence-corrected chi connectivity index (χ0v) is 12.2. The van der Waals surface area contributed by atoms with Crippen molar-refractivity contribution in [1.29, 1.82) is 0 Å². The first-order chi connectivity index (χ1) is 9.81. The average Bonchev–Trinajstić information content (AvgIpc) is 2.96. The van der Waals surface area contributed by atoms with Crippen molar-refractivity contribution in [2.45, 2.75) is 44.6 Å². The third-order valence-corrected chi connectivity index (χ3v) is 4.78. The van der Waals surface area contributed by atoms with Crippen molar-refractivity contribution in [2.24, 2.45) is 5.92 Å². The molecule has 1 aliphatic heterocycles. The number of hydrogen-bond acceptors (Lipinski definition) is 2. The van der Waals surface area contributed by atoms with Gasteiger partial charge in [0.2, 0.25) is 0 Å². The second-order valence-corrected chi connectivity index (χ2v) is 6.32. The molecule has 1 N–H and O–H groups in total. The van der Waals surface area contributed by atoms with Crippen molar-refractivity contribution >= 4 is 5.69 Å². The predicted molar refractivity (Wildman–Crippen MR) is 81.6 cm³/mol. The number of halogens is 1. The molecule has 1 atom stereocenters. The summed E-state index contributed by atoms with van der Waals surface area (Å²) in [6.07, 6.45) is 8.16. The monoisotopic (exact) mass is 276 g/mol. The molecule has 0 radical (unpaired) electrons. The van der Waals surface area contributed by atoms with Crippen molar-refractivity contribution in [3.8, 4) is 0 Å². The Hall–Kier alpha value is -1.09. The number of nitrogens with zero attached hydrogens (tertiary/aromatic N) is 1. The second-order valence-electron chi connectivity index (χ2n) is 6.32. The quantitative estimate of drug-likeness (QED) is 0.904. The highest BCUT2D eigenvalue weighted by molar-refractivity contribution is 5.47. The summed E-state index contributed by atoms with van der Waals surface area (Å²) in [5.41, 5.74) is 1.16. The van der Waals surface area contributed by atoms with Crippen molar-refractivity contribution < 1.29 is 4.39 Å². The Bertz CT molecular complexity index is 412. The molecule has 0 aromatic heterocycles. The van der Waals surface area contributed by atoms with Crippen LogP contribution >= 0.6 is 0 Å². The summed E-state index contributed by atoms with van der Waals surface area (Å²) in [5.74, 6) is 0.588. The standard InChI is InChI=1S/C17H25FN2/c18-15-6-8-17(9-7-15)20-11-10-14(13-20)12-19-16-4-2-1-3-5-16/h6-9,14,16,19H,1-5,10-13H2. The maximum Gasteiger partial charge on any atom is 0.123 e. The van der Waals surface area contributed by atoms with Crippen LogP contribution in [0.25, 0.3) is 0 Å². The van der Waals surface area contributed by atoms with Gasteiger partial charge in [-0.05, 0) is 56.0 Å². The van der Waals surface area contributed by atoms with E-state index < -0.39 is 0 Å². The minimum absolute atomic E-state index is 0.150. The van der Waals surface area contributed by atoms with E-state index in [-0.39, 0.29) is 5.82 Å². The molecule has 0 spiro atoms. The Morgan fingerprint density at radius 1 is 1.05 bits per heavy atom. The molecule has 0 amide bonds. The Morgan fingerprint density at radius 3 is 2.55 bits per heavy atom. The summed E-state index contributed by atoms with van der Waals surface area (Å²) in [6.45, 7) is 3.34. The average molecular weight is 276 g/mol. The fraction of sp³-hybridized carbons (Fsp3) is 0.647. The SMILES string of the molecule is Fc1ccc(N2CCC(CNC3CCCCC3)C2)cc1. The lowest BCUT2D eigenvalue weighted by Crippen LogP contribution is -2.35. The normalized spacial score (nSPS) is 24.2. The number of anilines is 1. The van der Waals surface area contributed by atoms with Crippen LogP contribution in [0.2, 0.25) is 0 Å². The molecule has 1 saturated heterocycles. The largest absolute Gasteiger partial charge is 0.371 e. The number of hydrogen-bond donors (Lipinski definition) is 1. The van der Waals surface area contributed by atoms with E-state index in [4.69, 9.17) is 0 Å². The highest BCUT2D eigenvalue weighted by Gasteiger charge is 2.23. The van der Waals surface area contributed by atoms with Crippen molar-refractivity contribution in [3.05, 3.63) is 30.1 Å². The third-order valence-electron chi connectivity index (χ3n) is 4.78. The van der Waals surface area contributed by atoms with Crippen LogP contribution in [0, 0.1) is 11.7 Å². The van der Waals surface area contributed by atoms with E-state index in [1.165, 1.54) is 38.5 Å². The van der Waals surface area contributed by atoms with Gasteiger partial charge >= 0.3 is 0 Å². The van der Waals surface area contributed by atoms with Gasteiger partial charge in [-0.25, -0.2) is 4.39 Å². The maximum atomic E-state index is 12.9. The molecule has 2 aliphatic rings. The molecule has 0 bridgehead atoms. The number of nitrogens with one attached hydrogen (secondary N) is 1. The van der Waals surface area contributed by atoms with Crippen LogP contribution in [-0.2, 0) is 0 Å². The Morgan fingerprint density at radius 2 is 1.80 bits per heavy atom. The molecule has 1 heterocycles. The van der Waals surface area contributed by atoms with Crippen LogP contribution < -0.4 is 10.2 Å². The zero-order valence-electron chi connectivity index (χ0n) is 12.2. The molecule has 1 aromatic carbocycles. The van der Waals surface area contributed by atoms with Crippen molar-refractivity contribution in [1.82, 2.24) is 5.32 Å². The van der Waals surface area contributed by atoms with Gasteiger partial charge < -0.3 is 10.2 Å². The van der Waals surface area contributed by atoms with E-state index >= 15 is 0 Å². The lowest BCUT2D eigenvalue weighted by Gasteiger charge is -2.25. The van der Waals surface area contributed by atoms with Crippen LogP contribution in [0.4, 0.5) is 10.1 Å². The summed E-state index contributed by atoms with van der Waals surface area (Å²) in [4.78, 5) is 2.38. The van der Waals surface area contributed by atoms with E-state index in [0.29, 0.717) is 0 Å². The van der Waals surface area contributed by atoms with E-state index in [9.17, 15) is 4.39 Å². The van der Waals surface area contributed by atoms with Gasteiger partial charge in [0.1, 0.15) is 5.82 Å². The van der Waals surface area contributed by atoms with Crippen LogP contribution in [-0.4, -0.2) is 25.7 Å². The molecule has 2 fully saturated rings. The van der Waals surface area contributed by atoms with Gasteiger partial charge in [-0.3, -0.25) is 0 Å². The van der Waals surface area contributed by atoms with E-state index in [1.807, 2.05) is 12.1 Å². The van der Waals surface area contributed by atoms with Gasteiger partial charge in [0.25, 0.3) is 0 Å². The summed E-state index contributed by atoms with van der Waals surface area (Å²) in [5, 5.41) is 3.76. The first kappa shape index (κ1) is 13.9. The molecule has 1 aromatic rings. The third kappa shape index (κ3) is 3.51. The van der Waals surface area contributed by atoms with Gasteiger partial charge in [0, 0.05) is 24.8 Å². The smallest absolute Gasteiger partial charge is 0.123 e. The predicted octanol–water partition coefficient (Wildman–Crippen LogP) is 3.57. The molecule has 2 nitrogen and oxygen atoms in total. The molecular formula is C17H25FN2. The minimum atomic E-state index is -0.150. The van der Waals surface area contributed by atoms with Crippen LogP contribution in [0.1, 0.15) is 38.5 Å². The number of benzene rings is 1. The Kier molecular flexibility index (Phi) is 4.56. The van der Waals surface area contributed by atoms with E-state index in [0.717, 1.165) is 37.3 Å². The van der Waals surface area contributed by atoms with Gasteiger partial charge in [0.05, 0.1) is 0 Å². The first-order valence-corrected chi connectivity index (χ1v) is 8.05. The fourth-order valence-corrected chi connectivity index (χ4v) is 3.53. The van der Waals surface area contributed by atoms with Crippen LogP contribution in [0.5, 0.6) is 0 Å². The van der Waals surface area contributed by atoms with E-state index in [1.54, 1.807) is 12.1 Å². The Labute approximate surface area is 121 Å². The second kappa shape index (κ2) is 6.57. The molecule has 1 unspecified atom stereocenters. The lowest BCUT2D eigenvalue weighted by atomic mass is 9.95. The van der Waals surface area contributed by atoms with E-state index in [2.05, 4.69) is 10.2 Å². The number of rotatable bonds is 4. The van der Waals surface area contributed by atoms with Crippen molar-refractivity contribution in [2.75, 3.05) is 24.5 Å². The topological polar surface area (TPSA) is 15.3 Å². The molecule has 1 aliphatic carbocycles. The molecular weight excluding hydrogens is 251 g/mol. The van der Waals surface area contributed by atoms with Gasteiger partial charge in [-0.15, -0.1) is 0 Å². The molecule has 3 heteroatoms. The maximum absolute atomic E-state index is 12.9. The summed E-state index contributed by atoms with van der Waals surface area (Å²) >= 11 is 0. The minimum Gasteiger partial charge on any atom is -0.371 e. The molecule has 20 heavy (non-hydrogen) atoms. The van der Waals surface area contributed by atoms with Gasteiger partial charge in [-0.2, -0.15) is 0 Å². The molecule has 1 saturated carbocycles. The van der Waals surface area contributed by atoms with Gasteiger partial charge in [0.15, 0.2) is 0 Å². The zero-order chi connectivity index (χ0) is 13.8. The van der Waals surface area contributed by atoms with Crippen molar-refractivity contribution in [3.63, 3.8) is 0 Å².